The highest BCUT2D eigenvalue weighted by atomic mass is 16.5. The molecule has 1 aromatic carbocycles. The van der Waals surface area contributed by atoms with Crippen molar-refractivity contribution in [3.8, 4) is 5.75 Å². The summed E-state index contributed by atoms with van der Waals surface area (Å²) in [7, 11) is 0. The van der Waals surface area contributed by atoms with Crippen LogP contribution in [0.25, 0.3) is 6.08 Å². The third-order valence-corrected chi connectivity index (χ3v) is 2.82. The molecule has 0 aliphatic carbocycles. The highest BCUT2D eigenvalue weighted by Crippen LogP contribution is 2.26. The summed E-state index contributed by atoms with van der Waals surface area (Å²) in [4.78, 5) is 10.5. The van der Waals surface area contributed by atoms with Gasteiger partial charge in [-0.3, -0.25) is 0 Å². The number of aryl methyl sites for hydroxylation is 2. The van der Waals surface area contributed by atoms with Crippen molar-refractivity contribution in [2.24, 2.45) is 0 Å². The van der Waals surface area contributed by atoms with Gasteiger partial charge < -0.3 is 9.84 Å². The third kappa shape index (κ3) is 4.62. The molecule has 0 radical (unpaired) electrons. The second-order valence-electron chi connectivity index (χ2n) is 4.55. The number of carboxylic acid groups (broad SMARTS) is 1. The van der Waals surface area contributed by atoms with Crippen molar-refractivity contribution in [2.75, 3.05) is 6.61 Å². The van der Waals surface area contributed by atoms with Gasteiger partial charge in [0.1, 0.15) is 12.4 Å². The Balaban J connectivity index is 2.91. The molecule has 0 saturated heterocycles. The topological polar surface area (TPSA) is 46.5 Å². The third-order valence-electron chi connectivity index (χ3n) is 2.82. The first-order chi connectivity index (χ1) is 8.93. The predicted molar refractivity (Wildman–Crippen MR) is 77.5 cm³/mol. The zero-order chi connectivity index (χ0) is 14.4. The Morgan fingerprint density at radius 1 is 1.37 bits per heavy atom. The maximum absolute atomic E-state index is 10.5. The maximum Gasteiger partial charge on any atom is 0.328 e. The molecule has 1 N–H and O–H groups in total. The number of carbonyl (C=O) groups is 1. The van der Waals surface area contributed by atoms with Crippen molar-refractivity contribution in [2.45, 2.75) is 27.2 Å². The summed E-state index contributed by atoms with van der Waals surface area (Å²) in [6.07, 6.45) is 3.61. The zero-order valence-electron chi connectivity index (χ0n) is 11.7. The van der Waals surface area contributed by atoms with Gasteiger partial charge in [0.2, 0.25) is 0 Å². The summed E-state index contributed by atoms with van der Waals surface area (Å²) in [6, 6.07) is 3.83. The molecule has 3 nitrogen and oxygen atoms in total. The molecular weight excluding hydrogens is 240 g/mol. The maximum atomic E-state index is 10.5. The van der Waals surface area contributed by atoms with Gasteiger partial charge >= 0.3 is 5.97 Å². The highest BCUT2D eigenvalue weighted by Gasteiger charge is 2.06. The lowest BCUT2D eigenvalue weighted by molar-refractivity contribution is -0.131. The van der Waals surface area contributed by atoms with Crippen LogP contribution in [0.1, 0.15) is 30.0 Å². The molecule has 0 aliphatic heterocycles. The van der Waals surface area contributed by atoms with Gasteiger partial charge in [0.05, 0.1) is 0 Å². The molecular formula is C16H20O3. The van der Waals surface area contributed by atoms with Crippen molar-refractivity contribution in [1.29, 1.82) is 0 Å². The minimum Gasteiger partial charge on any atom is -0.489 e. The number of hydrogen-bond donors (Lipinski definition) is 1. The first-order valence-electron chi connectivity index (χ1n) is 6.25. The minimum absolute atomic E-state index is 0.516. The summed E-state index contributed by atoms with van der Waals surface area (Å²) in [5, 5.41) is 8.62. The Hall–Kier alpha value is -2.03. The van der Waals surface area contributed by atoms with Crippen molar-refractivity contribution in [3.63, 3.8) is 0 Å². The summed E-state index contributed by atoms with van der Waals surface area (Å²) in [5.41, 5.74) is 3.90. The quantitative estimate of drug-likeness (QED) is 0.626. The van der Waals surface area contributed by atoms with Crippen LogP contribution in [-0.2, 0) is 4.79 Å². The van der Waals surface area contributed by atoms with Gasteiger partial charge in [0, 0.05) is 6.08 Å². The Kier molecular flexibility index (Phi) is 5.37. The van der Waals surface area contributed by atoms with Gasteiger partial charge in [-0.25, -0.2) is 4.79 Å². The van der Waals surface area contributed by atoms with Gasteiger partial charge in [-0.15, -0.1) is 0 Å². The minimum atomic E-state index is -0.949. The lowest BCUT2D eigenvalue weighted by atomic mass is 10.1. The van der Waals surface area contributed by atoms with Gasteiger partial charge in [-0.2, -0.15) is 0 Å². The summed E-state index contributed by atoms with van der Waals surface area (Å²) < 4.78 is 5.76. The first-order valence-corrected chi connectivity index (χ1v) is 6.25. The number of hydrogen-bond acceptors (Lipinski definition) is 2. The zero-order valence-corrected chi connectivity index (χ0v) is 11.7. The molecule has 0 spiro atoms. The van der Waals surface area contributed by atoms with Crippen LogP contribution >= 0.6 is 0 Å². The number of ether oxygens (including phenoxy) is 1. The molecule has 0 unspecified atom stereocenters. The van der Waals surface area contributed by atoms with E-state index in [9.17, 15) is 4.79 Å². The van der Waals surface area contributed by atoms with E-state index in [2.05, 4.69) is 6.58 Å². The number of benzene rings is 1. The van der Waals surface area contributed by atoms with Gasteiger partial charge in [0.25, 0.3) is 0 Å². The van der Waals surface area contributed by atoms with E-state index in [-0.39, 0.29) is 0 Å². The van der Waals surface area contributed by atoms with Crippen LogP contribution < -0.4 is 4.74 Å². The van der Waals surface area contributed by atoms with E-state index in [0.29, 0.717) is 6.61 Å². The molecule has 0 saturated carbocycles. The molecule has 0 aromatic heterocycles. The van der Waals surface area contributed by atoms with E-state index in [0.717, 1.165) is 40.5 Å². The molecule has 1 aromatic rings. The SMILES string of the molecule is C=C(CC)COc1c(C)cc(C=CC(=O)O)cc1C. The van der Waals surface area contributed by atoms with Crippen molar-refractivity contribution < 1.29 is 14.6 Å². The average molecular weight is 260 g/mol. The van der Waals surface area contributed by atoms with E-state index in [1.807, 2.05) is 32.9 Å². The van der Waals surface area contributed by atoms with Gasteiger partial charge in [-0.1, -0.05) is 13.5 Å². The molecule has 0 heterocycles. The fraction of sp³-hybridized carbons (Fsp3) is 0.312. The second kappa shape index (κ2) is 6.78. The normalized spacial score (nSPS) is 10.7. The fourth-order valence-corrected chi connectivity index (χ4v) is 1.75. The van der Waals surface area contributed by atoms with Crippen LogP contribution in [0.4, 0.5) is 0 Å². The Morgan fingerprint density at radius 3 is 2.42 bits per heavy atom. The molecule has 1 rings (SSSR count). The largest absolute Gasteiger partial charge is 0.489 e. The summed E-state index contributed by atoms with van der Waals surface area (Å²) in [6.45, 7) is 10.4. The Bertz CT molecular complexity index is 490. The van der Waals surface area contributed by atoms with Crippen LogP contribution in [0.5, 0.6) is 5.75 Å². The molecule has 19 heavy (non-hydrogen) atoms. The standard InChI is InChI=1S/C16H20O3/c1-5-11(2)10-19-16-12(3)8-14(9-13(16)4)6-7-15(17)18/h6-9H,2,5,10H2,1,3-4H3,(H,17,18). The van der Waals surface area contributed by atoms with Crippen molar-refractivity contribution in [1.82, 2.24) is 0 Å². The van der Waals surface area contributed by atoms with E-state index >= 15 is 0 Å². The smallest absolute Gasteiger partial charge is 0.328 e. The monoisotopic (exact) mass is 260 g/mol. The highest BCUT2D eigenvalue weighted by molar-refractivity contribution is 5.85. The van der Waals surface area contributed by atoms with Crippen LogP contribution in [0.3, 0.4) is 0 Å². The van der Waals surface area contributed by atoms with Crippen LogP contribution in [0, 0.1) is 13.8 Å². The lowest BCUT2D eigenvalue weighted by Crippen LogP contribution is -2.02. The van der Waals surface area contributed by atoms with E-state index in [1.165, 1.54) is 0 Å². The average Bonchev–Trinajstić information content (AvgIpc) is 2.34. The summed E-state index contributed by atoms with van der Waals surface area (Å²) >= 11 is 0. The van der Waals surface area contributed by atoms with Crippen LogP contribution in [0.15, 0.2) is 30.4 Å². The second-order valence-corrected chi connectivity index (χ2v) is 4.55. The number of rotatable bonds is 6. The van der Waals surface area contributed by atoms with Crippen molar-refractivity contribution >= 4 is 12.0 Å². The molecule has 0 amide bonds. The van der Waals surface area contributed by atoms with E-state index in [1.54, 1.807) is 6.08 Å². The van der Waals surface area contributed by atoms with Gasteiger partial charge in [-0.05, 0) is 60.7 Å². The Morgan fingerprint density at radius 2 is 1.95 bits per heavy atom. The van der Waals surface area contributed by atoms with E-state index in [4.69, 9.17) is 9.84 Å². The number of carboxylic acids is 1. The number of aliphatic carboxylic acids is 1. The summed E-state index contributed by atoms with van der Waals surface area (Å²) in [5.74, 6) is -0.100. The molecule has 0 atom stereocenters. The molecule has 102 valence electrons. The molecule has 0 bridgehead atoms. The molecule has 0 aliphatic rings. The molecule has 0 fully saturated rings. The lowest BCUT2D eigenvalue weighted by Gasteiger charge is -2.13. The van der Waals surface area contributed by atoms with Crippen LogP contribution in [-0.4, -0.2) is 17.7 Å². The first kappa shape index (κ1) is 15.0. The fourth-order valence-electron chi connectivity index (χ4n) is 1.75. The molecule has 3 heteroatoms. The predicted octanol–water partition coefficient (Wildman–Crippen LogP) is 3.75. The van der Waals surface area contributed by atoms with Gasteiger partial charge in [0.15, 0.2) is 0 Å². The van der Waals surface area contributed by atoms with E-state index < -0.39 is 5.97 Å². The Labute approximate surface area is 114 Å². The van der Waals surface area contributed by atoms with Crippen molar-refractivity contribution in [3.05, 3.63) is 47.1 Å². The van der Waals surface area contributed by atoms with Crippen LogP contribution in [0.2, 0.25) is 0 Å².